The highest BCUT2D eigenvalue weighted by atomic mass is 16.4. The van der Waals surface area contributed by atoms with Crippen molar-refractivity contribution in [1.82, 2.24) is 4.98 Å². The van der Waals surface area contributed by atoms with Gasteiger partial charge in [0.1, 0.15) is 5.82 Å². The molecule has 1 aliphatic rings. The number of aromatic nitrogens is 1. The molecule has 1 saturated carbocycles. The molecule has 0 aliphatic heterocycles. The summed E-state index contributed by atoms with van der Waals surface area (Å²) in [6.45, 7) is 4.21. The highest BCUT2D eigenvalue weighted by Crippen LogP contribution is 2.31. The van der Waals surface area contributed by atoms with Gasteiger partial charge in [-0.05, 0) is 37.3 Å². The number of amidine groups is 1. The van der Waals surface area contributed by atoms with Crippen LogP contribution in [0.4, 0.5) is 5.82 Å². The second-order valence-electron chi connectivity index (χ2n) is 4.78. The third kappa shape index (κ3) is 3.12. The maximum Gasteiger partial charge on any atom is 0.170 e. The highest BCUT2D eigenvalue weighted by Gasteiger charge is 2.24. The Hall–Kier alpha value is -1.78. The average molecular weight is 248 g/mol. The van der Waals surface area contributed by atoms with E-state index >= 15 is 0 Å². The molecule has 18 heavy (non-hydrogen) atoms. The molecule has 0 spiro atoms. The fourth-order valence-corrected chi connectivity index (χ4v) is 1.99. The first-order valence-corrected chi connectivity index (χ1v) is 6.43. The van der Waals surface area contributed by atoms with E-state index in [-0.39, 0.29) is 5.84 Å². The van der Waals surface area contributed by atoms with Crippen LogP contribution in [0.2, 0.25) is 0 Å². The molecule has 2 rings (SSSR count). The second kappa shape index (κ2) is 5.71. The number of nitrogens with zero attached hydrogens (tertiary/aromatic N) is 3. The van der Waals surface area contributed by atoms with E-state index in [1.807, 2.05) is 6.07 Å². The van der Waals surface area contributed by atoms with Crippen LogP contribution in [0.1, 0.15) is 31.7 Å². The molecule has 0 atom stereocenters. The van der Waals surface area contributed by atoms with E-state index in [1.165, 1.54) is 12.8 Å². The fourth-order valence-electron chi connectivity index (χ4n) is 1.99. The van der Waals surface area contributed by atoms with Gasteiger partial charge in [0, 0.05) is 24.8 Å². The van der Waals surface area contributed by atoms with E-state index < -0.39 is 0 Å². The highest BCUT2D eigenvalue weighted by molar-refractivity contribution is 5.97. The van der Waals surface area contributed by atoms with Gasteiger partial charge in [-0.15, -0.1) is 0 Å². The van der Waals surface area contributed by atoms with Crippen LogP contribution in [-0.4, -0.2) is 29.1 Å². The van der Waals surface area contributed by atoms with E-state index in [0.717, 1.165) is 31.2 Å². The van der Waals surface area contributed by atoms with Gasteiger partial charge >= 0.3 is 0 Å². The molecule has 1 aromatic rings. The minimum Gasteiger partial charge on any atom is -0.409 e. The summed E-state index contributed by atoms with van der Waals surface area (Å²) in [7, 11) is 0. The molecular weight excluding hydrogens is 228 g/mol. The number of pyridine rings is 1. The van der Waals surface area contributed by atoms with Gasteiger partial charge in [0.15, 0.2) is 5.84 Å². The molecule has 0 unspecified atom stereocenters. The number of hydrogen-bond donors (Lipinski definition) is 2. The summed E-state index contributed by atoms with van der Waals surface area (Å²) in [6, 6.07) is 3.63. The smallest absolute Gasteiger partial charge is 0.170 e. The summed E-state index contributed by atoms with van der Waals surface area (Å²) in [5.74, 6) is 1.85. The predicted molar refractivity (Wildman–Crippen MR) is 72.0 cm³/mol. The third-order valence-electron chi connectivity index (χ3n) is 3.14. The van der Waals surface area contributed by atoms with Crippen molar-refractivity contribution in [3.05, 3.63) is 23.9 Å². The third-order valence-corrected chi connectivity index (χ3v) is 3.14. The normalized spacial score (nSPS) is 15.7. The van der Waals surface area contributed by atoms with Crippen molar-refractivity contribution in [2.45, 2.75) is 26.2 Å². The first-order chi connectivity index (χ1) is 8.74. The van der Waals surface area contributed by atoms with Gasteiger partial charge in [-0.25, -0.2) is 4.98 Å². The Morgan fingerprint density at radius 3 is 3.00 bits per heavy atom. The van der Waals surface area contributed by atoms with Crippen LogP contribution >= 0.6 is 0 Å². The Bertz CT molecular complexity index is 429. The molecule has 0 aromatic carbocycles. The summed E-state index contributed by atoms with van der Waals surface area (Å²) >= 11 is 0. The number of anilines is 1. The molecule has 1 heterocycles. The Morgan fingerprint density at radius 2 is 2.39 bits per heavy atom. The predicted octanol–water partition coefficient (Wildman–Crippen LogP) is 1.80. The molecule has 5 heteroatoms. The Labute approximate surface area is 107 Å². The molecule has 0 radical (unpaired) electrons. The molecule has 0 amide bonds. The lowest BCUT2D eigenvalue weighted by molar-refractivity contribution is 0.318. The van der Waals surface area contributed by atoms with Crippen LogP contribution in [0, 0.1) is 5.92 Å². The lowest BCUT2D eigenvalue weighted by Gasteiger charge is -2.23. The molecular formula is C13H20N4O. The first kappa shape index (κ1) is 12.7. The van der Waals surface area contributed by atoms with Gasteiger partial charge in [-0.2, -0.15) is 0 Å². The lowest BCUT2D eigenvalue weighted by Crippen LogP contribution is -2.28. The van der Waals surface area contributed by atoms with Gasteiger partial charge in [0.05, 0.1) is 0 Å². The zero-order valence-corrected chi connectivity index (χ0v) is 10.7. The SMILES string of the molecule is CCCN(CC1CC1)c1cc(C(N)=NO)ccn1. The molecule has 1 aromatic heterocycles. The maximum atomic E-state index is 8.71. The van der Waals surface area contributed by atoms with Crippen LogP contribution in [-0.2, 0) is 0 Å². The van der Waals surface area contributed by atoms with Crippen molar-refractivity contribution in [2.75, 3.05) is 18.0 Å². The van der Waals surface area contributed by atoms with E-state index in [1.54, 1.807) is 12.3 Å². The minimum absolute atomic E-state index is 0.126. The van der Waals surface area contributed by atoms with E-state index in [4.69, 9.17) is 10.9 Å². The van der Waals surface area contributed by atoms with Crippen LogP contribution < -0.4 is 10.6 Å². The minimum atomic E-state index is 0.126. The zero-order chi connectivity index (χ0) is 13.0. The van der Waals surface area contributed by atoms with Crippen LogP contribution in [0.15, 0.2) is 23.5 Å². The Balaban J connectivity index is 2.17. The molecule has 1 aliphatic carbocycles. The molecule has 1 fully saturated rings. The average Bonchev–Trinajstić information content (AvgIpc) is 3.21. The monoisotopic (exact) mass is 248 g/mol. The van der Waals surface area contributed by atoms with Gasteiger partial charge in [0.2, 0.25) is 0 Å². The van der Waals surface area contributed by atoms with Gasteiger partial charge in [0.25, 0.3) is 0 Å². The molecule has 0 saturated heterocycles. The van der Waals surface area contributed by atoms with Gasteiger partial charge < -0.3 is 15.8 Å². The molecule has 98 valence electrons. The van der Waals surface area contributed by atoms with Crippen LogP contribution in [0.5, 0.6) is 0 Å². The number of nitrogens with two attached hydrogens (primary N) is 1. The lowest BCUT2D eigenvalue weighted by atomic mass is 10.2. The molecule has 5 nitrogen and oxygen atoms in total. The zero-order valence-electron chi connectivity index (χ0n) is 10.7. The van der Waals surface area contributed by atoms with E-state index in [0.29, 0.717) is 5.56 Å². The van der Waals surface area contributed by atoms with Crippen molar-refractivity contribution in [3.63, 3.8) is 0 Å². The van der Waals surface area contributed by atoms with Crippen molar-refractivity contribution in [2.24, 2.45) is 16.8 Å². The quantitative estimate of drug-likeness (QED) is 0.348. The molecule has 3 N–H and O–H groups in total. The fraction of sp³-hybridized carbons (Fsp3) is 0.538. The van der Waals surface area contributed by atoms with Crippen molar-refractivity contribution in [1.29, 1.82) is 0 Å². The van der Waals surface area contributed by atoms with E-state index in [9.17, 15) is 0 Å². The second-order valence-corrected chi connectivity index (χ2v) is 4.78. The van der Waals surface area contributed by atoms with Crippen molar-refractivity contribution < 1.29 is 5.21 Å². The van der Waals surface area contributed by atoms with Crippen molar-refractivity contribution in [3.8, 4) is 0 Å². The Kier molecular flexibility index (Phi) is 4.02. The standard InChI is InChI=1S/C13H20N4O/c1-2-7-17(9-10-3-4-10)12-8-11(5-6-15-12)13(14)16-18/h5-6,8,10,18H,2-4,7,9H2,1H3,(H2,14,16). The van der Waals surface area contributed by atoms with E-state index in [2.05, 4.69) is 22.0 Å². The number of oxime groups is 1. The topological polar surface area (TPSA) is 74.7 Å². The summed E-state index contributed by atoms with van der Waals surface area (Å²) < 4.78 is 0. The molecule has 0 bridgehead atoms. The Morgan fingerprint density at radius 1 is 1.61 bits per heavy atom. The number of hydrogen-bond acceptors (Lipinski definition) is 4. The van der Waals surface area contributed by atoms with Gasteiger partial charge in [-0.1, -0.05) is 12.1 Å². The van der Waals surface area contributed by atoms with Crippen molar-refractivity contribution >= 4 is 11.7 Å². The van der Waals surface area contributed by atoms with Gasteiger partial charge in [-0.3, -0.25) is 0 Å². The summed E-state index contributed by atoms with van der Waals surface area (Å²) in [5, 5.41) is 11.7. The first-order valence-electron chi connectivity index (χ1n) is 6.43. The van der Waals surface area contributed by atoms with Crippen LogP contribution in [0.3, 0.4) is 0 Å². The summed E-state index contributed by atoms with van der Waals surface area (Å²) in [5.41, 5.74) is 6.31. The maximum absolute atomic E-state index is 8.71. The number of rotatable bonds is 6. The largest absolute Gasteiger partial charge is 0.409 e. The summed E-state index contributed by atoms with van der Waals surface area (Å²) in [4.78, 5) is 6.67. The summed E-state index contributed by atoms with van der Waals surface area (Å²) in [6.07, 6.45) is 5.43. The van der Waals surface area contributed by atoms with Crippen LogP contribution in [0.25, 0.3) is 0 Å².